The van der Waals surface area contributed by atoms with Gasteiger partial charge in [0, 0.05) is 43.5 Å². The molecule has 130 valence electrons. The van der Waals surface area contributed by atoms with Gasteiger partial charge in [0.25, 0.3) is 0 Å². The van der Waals surface area contributed by atoms with Gasteiger partial charge in [-0.2, -0.15) is 0 Å². The minimum atomic E-state index is 0.280. The van der Waals surface area contributed by atoms with Crippen molar-refractivity contribution in [1.29, 1.82) is 0 Å². The fourth-order valence-corrected chi connectivity index (χ4v) is 4.95. The van der Waals surface area contributed by atoms with E-state index in [0.29, 0.717) is 23.8 Å². The first-order valence-corrected chi connectivity index (χ1v) is 9.41. The Hall–Kier alpha value is -1.49. The van der Waals surface area contributed by atoms with Gasteiger partial charge in [-0.3, -0.25) is 4.79 Å². The molecule has 0 N–H and O–H groups in total. The maximum atomic E-state index is 11.5. The number of nitrogens with zero attached hydrogens (tertiary/aromatic N) is 4. The van der Waals surface area contributed by atoms with Crippen LogP contribution < -0.4 is 4.90 Å². The topological polar surface area (TPSA) is 49.3 Å². The van der Waals surface area contributed by atoms with Gasteiger partial charge in [0.05, 0.1) is 0 Å². The number of carbonyl (C=O) groups is 1. The number of ketones is 1. The van der Waals surface area contributed by atoms with Crippen molar-refractivity contribution in [2.24, 2.45) is 5.92 Å². The van der Waals surface area contributed by atoms with Gasteiger partial charge in [-0.25, -0.2) is 9.97 Å². The summed E-state index contributed by atoms with van der Waals surface area (Å²) < 4.78 is 0. The number of carbonyl (C=O) groups excluding carboxylic acids is 1. The molecule has 1 aromatic heterocycles. The molecule has 2 unspecified atom stereocenters. The van der Waals surface area contributed by atoms with E-state index < -0.39 is 0 Å². The van der Waals surface area contributed by atoms with Gasteiger partial charge in [0.15, 0.2) is 0 Å². The fraction of sp³-hybridized carbons (Fsp3) is 0.737. The van der Waals surface area contributed by atoms with Crippen LogP contribution in [0, 0.1) is 5.92 Å². The number of hydrogen-bond acceptors (Lipinski definition) is 5. The van der Waals surface area contributed by atoms with Gasteiger partial charge in [-0.15, -0.1) is 0 Å². The third-order valence-electron chi connectivity index (χ3n) is 6.33. The van der Waals surface area contributed by atoms with Crippen molar-refractivity contribution < 1.29 is 4.79 Å². The molecule has 1 aromatic rings. The SMILES string of the molecule is CC(=O)C1CCC(c2cnc(N3C4CCC3CN(C)C4)nc2)CC1. The molecule has 0 radical (unpaired) electrons. The van der Waals surface area contributed by atoms with Gasteiger partial charge >= 0.3 is 0 Å². The van der Waals surface area contributed by atoms with E-state index in [1.807, 2.05) is 12.4 Å². The zero-order chi connectivity index (χ0) is 16.7. The average Bonchev–Trinajstić information content (AvgIpc) is 2.86. The molecule has 2 bridgehead atoms. The highest BCUT2D eigenvalue weighted by molar-refractivity contribution is 5.78. The predicted octanol–water partition coefficient (Wildman–Crippen LogP) is 2.62. The third-order valence-corrected chi connectivity index (χ3v) is 6.33. The molecule has 3 heterocycles. The molecule has 5 nitrogen and oxygen atoms in total. The highest BCUT2D eigenvalue weighted by atomic mass is 16.1. The first kappa shape index (κ1) is 16.0. The Bertz CT molecular complexity index is 580. The van der Waals surface area contributed by atoms with Crippen molar-refractivity contribution in [3.63, 3.8) is 0 Å². The molecule has 2 saturated heterocycles. The largest absolute Gasteiger partial charge is 0.332 e. The lowest BCUT2D eigenvalue weighted by atomic mass is 9.78. The minimum absolute atomic E-state index is 0.280. The number of likely N-dealkylation sites (tertiary alicyclic amines) is 1. The Morgan fingerprint density at radius 3 is 2.12 bits per heavy atom. The number of fused-ring (bicyclic) bond motifs is 2. The number of likely N-dealkylation sites (N-methyl/N-ethyl adjacent to an activating group) is 1. The van der Waals surface area contributed by atoms with Crippen molar-refractivity contribution in [2.45, 2.75) is 63.5 Å². The van der Waals surface area contributed by atoms with E-state index in [0.717, 1.165) is 44.7 Å². The van der Waals surface area contributed by atoms with E-state index in [-0.39, 0.29) is 5.92 Å². The van der Waals surface area contributed by atoms with Crippen LogP contribution in [-0.2, 0) is 4.79 Å². The molecule has 24 heavy (non-hydrogen) atoms. The Labute approximate surface area is 144 Å². The molecule has 0 aromatic carbocycles. The molecule has 0 spiro atoms. The normalized spacial score (nSPS) is 33.7. The van der Waals surface area contributed by atoms with Crippen LogP contribution in [0.2, 0.25) is 0 Å². The molecular formula is C19H28N4O. The Balaban J connectivity index is 1.43. The zero-order valence-corrected chi connectivity index (χ0v) is 14.8. The lowest BCUT2D eigenvalue weighted by molar-refractivity contribution is -0.121. The Morgan fingerprint density at radius 1 is 1.00 bits per heavy atom. The second-order valence-corrected chi connectivity index (χ2v) is 7.99. The number of anilines is 1. The number of aromatic nitrogens is 2. The minimum Gasteiger partial charge on any atom is -0.332 e. The maximum Gasteiger partial charge on any atom is 0.225 e. The Kier molecular flexibility index (Phi) is 4.29. The van der Waals surface area contributed by atoms with E-state index in [9.17, 15) is 4.79 Å². The zero-order valence-electron chi connectivity index (χ0n) is 14.8. The average molecular weight is 328 g/mol. The molecule has 1 saturated carbocycles. The van der Waals surface area contributed by atoms with E-state index in [4.69, 9.17) is 9.97 Å². The monoisotopic (exact) mass is 328 g/mol. The summed E-state index contributed by atoms with van der Waals surface area (Å²) in [6.45, 7) is 3.97. The van der Waals surface area contributed by atoms with E-state index >= 15 is 0 Å². The van der Waals surface area contributed by atoms with Crippen LogP contribution in [0.1, 0.15) is 56.9 Å². The van der Waals surface area contributed by atoms with Gasteiger partial charge in [-0.05, 0) is 64.0 Å². The molecule has 3 aliphatic rings. The van der Waals surface area contributed by atoms with Crippen molar-refractivity contribution in [3.8, 4) is 0 Å². The lowest BCUT2D eigenvalue weighted by Crippen LogP contribution is -2.53. The third kappa shape index (κ3) is 2.94. The highest BCUT2D eigenvalue weighted by Crippen LogP contribution is 2.37. The van der Waals surface area contributed by atoms with Gasteiger partial charge in [-0.1, -0.05) is 0 Å². The van der Waals surface area contributed by atoms with Crippen molar-refractivity contribution in [3.05, 3.63) is 18.0 Å². The summed E-state index contributed by atoms with van der Waals surface area (Å²) in [5.74, 6) is 2.07. The van der Waals surface area contributed by atoms with E-state index in [1.54, 1.807) is 6.92 Å². The summed E-state index contributed by atoms with van der Waals surface area (Å²) in [5, 5.41) is 0. The molecule has 5 heteroatoms. The second kappa shape index (κ2) is 6.43. The van der Waals surface area contributed by atoms with Crippen LogP contribution >= 0.6 is 0 Å². The number of piperazine rings is 1. The standard InChI is InChI=1S/C19H28N4O/c1-13(24)14-3-5-15(6-4-14)16-9-20-19(21-10-16)23-17-7-8-18(23)12-22(2)11-17/h9-10,14-15,17-18H,3-8,11-12H2,1-2H3. The summed E-state index contributed by atoms with van der Waals surface area (Å²) in [6.07, 6.45) is 10.8. The molecule has 4 rings (SSSR count). The highest BCUT2D eigenvalue weighted by Gasteiger charge is 2.40. The molecule has 0 amide bonds. The summed E-state index contributed by atoms with van der Waals surface area (Å²) >= 11 is 0. The lowest BCUT2D eigenvalue weighted by Gasteiger charge is -2.39. The summed E-state index contributed by atoms with van der Waals surface area (Å²) in [4.78, 5) is 25.9. The number of Topliss-reactive ketones (excluding diaryl/α,β-unsaturated/α-hetero) is 1. The quantitative estimate of drug-likeness (QED) is 0.854. The molecule has 2 atom stereocenters. The van der Waals surface area contributed by atoms with Crippen LogP contribution in [0.3, 0.4) is 0 Å². The van der Waals surface area contributed by atoms with Gasteiger partial charge < -0.3 is 9.80 Å². The fourth-order valence-electron chi connectivity index (χ4n) is 4.95. The van der Waals surface area contributed by atoms with Crippen LogP contribution in [0.25, 0.3) is 0 Å². The summed E-state index contributed by atoms with van der Waals surface area (Å²) in [5.41, 5.74) is 1.25. The molecule has 3 fully saturated rings. The first-order chi connectivity index (χ1) is 11.6. The van der Waals surface area contributed by atoms with Crippen LogP contribution in [0.5, 0.6) is 0 Å². The molecule has 2 aliphatic heterocycles. The Morgan fingerprint density at radius 2 is 1.58 bits per heavy atom. The van der Waals surface area contributed by atoms with Crippen LogP contribution in [-0.4, -0.2) is 52.9 Å². The first-order valence-electron chi connectivity index (χ1n) is 9.41. The summed E-state index contributed by atoms with van der Waals surface area (Å²) in [6, 6.07) is 1.15. The second-order valence-electron chi connectivity index (χ2n) is 7.99. The maximum absolute atomic E-state index is 11.5. The number of rotatable bonds is 3. The molecular weight excluding hydrogens is 300 g/mol. The van der Waals surface area contributed by atoms with Gasteiger partial charge in [0.2, 0.25) is 5.95 Å². The number of hydrogen-bond donors (Lipinski definition) is 0. The smallest absolute Gasteiger partial charge is 0.225 e. The van der Waals surface area contributed by atoms with Gasteiger partial charge in [0.1, 0.15) is 5.78 Å². The summed E-state index contributed by atoms with van der Waals surface area (Å²) in [7, 11) is 2.21. The van der Waals surface area contributed by atoms with Crippen LogP contribution in [0.4, 0.5) is 5.95 Å². The predicted molar refractivity (Wildman–Crippen MR) is 94.2 cm³/mol. The van der Waals surface area contributed by atoms with Crippen molar-refractivity contribution in [2.75, 3.05) is 25.0 Å². The van der Waals surface area contributed by atoms with E-state index in [1.165, 1.54) is 18.4 Å². The molecule has 1 aliphatic carbocycles. The van der Waals surface area contributed by atoms with E-state index in [2.05, 4.69) is 16.8 Å². The van der Waals surface area contributed by atoms with Crippen molar-refractivity contribution in [1.82, 2.24) is 14.9 Å². The van der Waals surface area contributed by atoms with Crippen LogP contribution in [0.15, 0.2) is 12.4 Å². The van der Waals surface area contributed by atoms with Crippen molar-refractivity contribution >= 4 is 11.7 Å².